The van der Waals surface area contributed by atoms with Crippen LogP contribution in [-0.2, 0) is 29.5 Å². The molecule has 4 nitrogen and oxygen atoms in total. The Kier molecular flexibility index (Phi) is 4.20. The van der Waals surface area contributed by atoms with Crippen LogP contribution in [0.2, 0.25) is 0 Å². The predicted octanol–water partition coefficient (Wildman–Crippen LogP) is 2.72. The molecule has 0 bridgehead atoms. The van der Waals surface area contributed by atoms with Gasteiger partial charge in [0.2, 0.25) is 10.0 Å². The van der Waals surface area contributed by atoms with Crippen LogP contribution >= 0.6 is 27.3 Å². The summed E-state index contributed by atoms with van der Waals surface area (Å²) >= 11 is 4.73. The third kappa shape index (κ3) is 2.80. The highest BCUT2D eigenvalue weighted by atomic mass is 79.9. The van der Waals surface area contributed by atoms with Crippen molar-refractivity contribution < 1.29 is 8.42 Å². The molecule has 21 heavy (non-hydrogen) atoms. The third-order valence-electron chi connectivity index (χ3n) is 3.62. The van der Waals surface area contributed by atoms with Crippen molar-refractivity contribution in [3.63, 3.8) is 0 Å². The molecule has 2 N–H and O–H groups in total. The number of fused-ring (bicyclic) bond motifs is 1. The third-order valence-corrected chi connectivity index (χ3v) is 7.74. The van der Waals surface area contributed by atoms with Crippen molar-refractivity contribution in [2.45, 2.75) is 24.4 Å². The fourth-order valence-corrected chi connectivity index (χ4v) is 6.42. The van der Waals surface area contributed by atoms with Gasteiger partial charge in [-0.25, -0.2) is 8.42 Å². The smallest absolute Gasteiger partial charge is 0.245 e. The van der Waals surface area contributed by atoms with Gasteiger partial charge >= 0.3 is 0 Å². The molecule has 2 aromatic rings. The van der Waals surface area contributed by atoms with Crippen LogP contribution in [-0.4, -0.2) is 19.3 Å². The van der Waals surface area contributed by atoms with Gasteiger partial charge in [0.1, 0.15) is 4.90 Å². The van der Waals surface area contributed by atoms with E-state index >= 15 is 0 Å². The van der Waals surface area contributed by atoms with E-state index in [1.807, 2.05) is 18.2 Å². The number of hydrogen-bond donors (Lipinski definition) is 1. The van der Waals surface area contributed by atoms with Gasteiger partial charge < -0.3 is 5.73 Å². The Labute approximate surface area is 136 Å². The highest BCUT2D eigenvalue weighted by molar-refractivity contribution is 9.11. The minimum Gasteiger partial charge on any atom is -0.326 e. The summed E-state index contributed by atoms with van der Waals surface area (Å²) in [5.41, 5.74) is 7.91. The van der Waals surface area contributed by atoms with Crippen LogP contribution in [0, 0.1) is 0 Å². The average molecular weight is 387 g/mol. The summed E-state index contributed by atoms with van der Waals surface area (Å²) in [6, 6.07) is 9.66. The first kappa shape index (κ1) is 15.2. The van der Waals surface area contributed by atoms with Crippen LogP contribution < -0.4 is 5.73 Å². The zero-order valence-corrected chi connectivity index (χ0v) is 14.5. The molecule has 1 aromatic heterocycles. The molecule has 1 aromatic carbocycles. The van der Waals surface area contributed by atoms with Crippen molar-refractivity contribution in [3.05, 3.63) is 50.1 Å². The van der Waals surface area contributed by atoms with Gasteiger partial charge in [-0.1, -0.05) is 24.3 Å². The van der Waals surface area contributed by atoms with Crippen LogP contribution in [0.1, 0.15) is 16.0 Å². The largest absolute Gasteiger partial charge is 0.326 e. The van der Waals surface area contributed by atoms with E-state index in [1.54, 1.807) is 10.4 Å². The second-order valence-corrected chi connectivity index (χ2v) is 9.27. The highest BCUT2D eigenvalue weighted by Gasteiger charge is 2.30. The van der Waals surface area contributed by atoms with E-state index in [-0.39, 0.29) is 0 Å². The van der Waals surface area contributed by atoms with Crippen LogP contribution in [0.5, 0.6) is 0 Å². The summed E-state index contributed by atoms with van der Waals surface area (Å²) < 4.78 is 27.8. The molecule has 0 radical (unpaired) electrons. The molecule has 0 saturated heterocycles. The number of hydrogen-bond acceptors (Lipinski definition) is 4. The molecule has 0 saturated carbocycles. The summed E-state index contributed by atoms with van der Waals surface area (Å²) in [4.78, 5) is 1.19. The lowest BCUT2D eigenvalue weighted by molar-refractivity contribution is 0.391. The van der Waals surface area contributed by atoms with Gasteiger partial charge in [0, 0.05) is 24.5 Å². The molecule has 0 unspecified atom stereocenters. The van der Waals surface area contributed by atoms with E-state index in [1.165, 1.54) is 16.9 Å². The van der Waals surface area contributed by atoms with E-state index in [0.29, 0.717) is 28.3 Å². The van der Waals surface area contributed by atoms with Crippen LogP contribution in [0.25, 0.3) is 0 Å². The number of nitrogens with zero attached hydrogens (tertiary/aromatic N) is 1. The molecular formula is C14H15BrN2O2S2. The van der Waals surface area contributed by atoms with Crippen LogP contribution in [0.15, 0.2) is 39.0 Å². The zero-order valence-electron chi connectivity index (χ0n) is 11.3. The molecule has 0 fully saturated rings. The molecule has 0 atom stereocenters. The van der Waals surface area contributed by atoms with Crippen molar-refractivity contribution in [3.8, 4) is 0 Å². The van der Waals surface area contributed by atoms with Gasteiger partial charge in [0.05, 0.1) is 3.79 Å². The van der Waals surface area contributed by atoms with E-state index in [0.717, 1.165) is 16.9 Å². The van der Waals surface area contributed by atoms with Gasteiger partial charge in [-0.15, -0.1) is 11.3 Å². The number of thiophene rings is 1. The highest BCUT2D eigenvalue weighted by Crippen LogP contribution is 2.35. The lowest BCUT2D eigenvalue weighted by Gasteiger charge is -2.27. The van der Waals surface area contributed by atoms with E-state index in [2.05, 4.69) is 22.0 Å². The van der Waals surface area contributed by atoms with E-state index < -0.39 is 10.0 Å². The quantitative estimate of drug-likeness (QED) is 0.881. The van der Waals surface area contributed by atoms with Gasteiger partial charge in [-0.3, -0.25) is 0 Å². The standard InChI is InChI=1S/C14H15BrN2O2S2/c15-14-13(7-12(8-16)20-14)21(18,19)17-6-5-10-3-1-2-4-11(10)9-17/h1-4,7H,5-6,8-9,16H2. The molecule has 0 amide bonds. The molecule has 1 aliphatic heterocycles. The first-order chi connectivity index (χ1) is 10.0. The van der Waals surface area contributed by atoms with Gasteiger partial charge in [-0.05, 0) is 39.5 Å². The van der Waals surface area contributed by atoms with Gasteiger partial charge in [0.15, 0.2) is 0 Å². The number of halogens is 1. The summed E-state index contributed by atoms with van der Waals surface area (Å²) in [5, 5.41) is 0. The average Bonchev–Trinajstić information content (AvgIpc) is 2.88. The number of benzene rings is 1. The minimum absolute atomic E-state index is 0.326. The molecule has 1 aliphatic rings. The number of nitrogens with two attached hydrogens (primary N) is 1. The van der Waals surface area contributed by atoms with Gasteiger partial charge in [-0.2, -0.15) is 4.31 Å². The first-order valence-corrected chi connectivity index (χ1v) is 9.62. The van der Waals surface area contributed by atoms with Crippen molar-refractivity contribution in [1.82, 2.24) is 4.31 Å². The Hall–Kier alpha value is -0.730. The Balaban J connectivity index is 1.95. The topological polar surface area (TPSA) is 63.4 Å². The molecule has 3 rings (SSSR count). The second-order valence-electron chi connectivity index (χ2n) is 4.91. The monoisotopic (exact) mass is 386 g/mol. The molecule has 7 heteroatoms. The van der Waals surface area contributed by atoms with Crippen LogP contribution in [0.4, 0.5) is 0 Å². The maximum atomic E-state index is 12.8. The molecule has 0 aliphatic carbocycles. The Morgan fingerprint density at radius 2 is 2.00 bits per heavy atom. The summed E-state index contributed by atoms with van der Waals surface area (Å²) in [5.74, 6) is 0. The first-order valence-electron chi connectivity index (χ1n) is 6.57. The zero-order chi connectivity index (χ0) is 15.0. The van der Waals surface area contributed by atoms with Crippen molar-refractivity contribution in [1.29, 1.82) is 0 Å². The Bertz CT molecular complexity index is 771. The lowest BCUT2D eigenvalue weighted by Crippen LogP contribution is -2.35. The summed E-state index contributed by atoms with van der Waals surface area (Å²) in [6.45, 7) is 1.29. The van der Waals surface area contributed by atoms with Crippen molar-refractivity contribution >= 4 is 37.3 Å². The lowest BCUT2D eigenvalue weighted by atomic mass is 10.0. The molecule has 112 valence electrons. The predicted molar refractivity (Wildman–Crippen MR) is 87.7 cm³/mol. The number of sulfonamides is 1. The van der Waals surface area contributed by atoms with Crippen molar-refractivity contribution in [2.75, 3.05) is 6.54 Å². The summed E-state index contributed by atoms with van der Waals surface area (Å²) in [6.07, 6.45) is 0.751. The fraction of sp³-hybridized carbons (Fsp3) is 0.286. The maximum Gasteiger partial charge on any atom is 0.245 e. The maximum absolute atomic E-state index is 12.8. The normalized spacial score (nSPS) is 15.9. The number of rotatable bonds is 3. The molecule has 2 heterocycles. The van der Waals surface area contributed by atoms with Gasteiger partial charge in [0.25, 0.3) is 0 Å². The molecule has 0 spiro atoms. The SMILES string of the molecule is NCc1cc(S(=O)(=O)N2CCc3ccccc3C2)c(Br)s1. The molecular weight excluding hydrogens is 372 g/mol. The van der Waals surface area contributed by atoms with Crippen molar-refractivity contribution in [2.24, 2.45) is 5.73 Å². The summed E-state index contributed by atoms with van der Waals surface area (Å²) in [7, 11) is -3.48. The minimum atomic E-state index is -3.48. The second kappa shape index (κ2) is 5.81. The Morgan fingerprint density at radius 1 is 1.29 bits per heavy atom. The van der Waals surface area contributed by atoms with E-state index in [4.69, 9.17) is 5.73 Å². The van der Waals surface area contributed by atoms with E-state index in [9.17, 15) is 8.42 Å². The fourth-order valence-electron chi connectivity index (χ4n) is 2.49. The van der Waals surface area contributed by atoms with Crippen LogP contribution in [0.3, 0.4) is 0 Å². The Morgan fingerprint density at radius 3 is 2.67 bits per heavy atom.